The number of furan rings is 1. The van der Waals surface area contributed by atoms with Crippen molar-refractivity contribution in [1.82, 2.24) is 5.32 Å². The molecule has 0 aliphatic carbocycles. The van der Waals surface area contributed by atoms with Gasteiger partial charge in [-0.2, -0.15) is 0 Å². The Bertz CT molecular complexity index is 595. The fourth-order valence-electron chi connectivity index (χ4n) is 2.44. The van der Waals surface area contributed by atoms with Gasteiger partial charge in [0.1, 0.15) is 5.76 Å². The van der Waals surface area contributed by atoms with Gasteiger partial charge in [0.25, 0.3) is 0 Å². The second-order valence-corrected chi connectivity index (χ2v) is 5.44. The number of anilines is 1. The molecule has 1 amide bonds. The molecule has 1 atom stereocenters. The van der Waals surface area contributed by atoms with Crippen molar-refractivity contribution in [1.29, 1.82) is 0 Å². The number of aryl methyl sites for hydroxylation is 3. The van der Waals surface area contributed by atoms with E-state index >= 15 is 0 Å². The molecule has 4 nitrogen and oxygen atoms in total. The lowest BCUT2D eigenvalue weighted by molar-refractivity contribution is -0.115. The first kappa shape index (κ1) is 15.3. The summed E-state index contributed by atoms with van der Waals surface area (Å²) >= 11 is 0. The zero-order valence-electron chi connectivity index (χ0n) is 13.0. The summed E-state index contributed by atoms with van der Waals surface area (Å²) < 4.78 is 5.30. The van der Waals surface area contributed by atoms with Crippen LogP contribution in [-0.4, -0.2) is 12.5 Å². The molecule has 112 valence electrons. The van der Waals surface area contributed by atoms with Gasteiger partial charge in [0, 0.05) is 5.69 Å². The monoisotopic (exact) mass is 286 g/mol. The van der Waals surface area contributed by atoms with Crippen molar-refractivity contribution in [2.45, 2.75) is 33.7 Å². The van der Waals surface area contributed by atoms with Crippen LogP contribution in [0.3, 0.4) is 0 Å². The van der Waals surface area contributed by atoms with E-state index in [9.17, 15) is 4.79 Å². The highest BCUT2D eigenvalue weighted by molar-refractivity contribution is 5.93. The molecule has 0 aliphatic rings. The number of amides is 1. The molecule has 1 aromatic carbocycles. The molecule has 2 rings (SSSR count). The van der Waals surface area contributed by atoms with Gasteiger partial charge >= 0.3 is 0 Å². The van der Waals surface area contributed by atoms with Gasteiger partial charge < -0.3 is 9.73 Å². The molecule has 0 unspecified atom stereocenters. The Hall–Kier alpha value is -2.07. The van der Waals surface area contributed by atoms with Crippen molar-refractivity contribution in [2.24, 2.45) is 0 Å². The minimum absolute atomic E-state index is 0.00552. The maximum absolute atomic E-state index is 12.1. The zero-order valence-corrected chi connectivity index (χ0v) is 13.0. The highest BCUT2D eigenvalue weighted by atomic mass is 16.3. The minimum Gasteiger partial charge on any atom is -0.468 e. The quantitative estimate of drug-likeness (QED) is 0.884. The highest BCUT2D eigenvalue weighted by Crippen LogP contribution is 2.21. The standard InChI is InChI=1S/C17H22N2O2/c1-11-8-12(2)17(13(3)9-11)19-16(20)10-18-14(4)15-6-5-7-21-15/h5-9,14,18H,10H2,1-4H3,(H,19,20)/t14-/m0/s1. The van der Waals surface area contributed by atoms with Crippen molar-refractivity contribution in [3.63, 3.8) is 0 Å². The second-order valence-electron chi connectivity index (χ2n) is 5.44. The topological polar surface area (TPSA) is 54.3 Å². The van der Waals surface area contributed by atoms with Gasteiger partial charge in [-0.05, 0) is 51.0 Å². The summed E-state index contributed by atoms with van der Waals surface area (Å²) in [5.74, 6) is 0.772. The van der Waals surface area contributed by atoms with E-state index in [0.29, 0.717) is 0 Å². The van der Waals surface area contributed by atoms with Gasteiger partial charge in [-0.1, -0.05) is 17.7 Å². The lowest BCUT2D eigenvalue weighted by Gasteiger charge is -2.15. The van der Waals surface area contributed by atoms with Crippen LogP contribution in [0.2, 0.25) is 0 Å². The van der Waals surface area contributed by atoms with Crippen LogP contribution in [0.5, 0.6) is 0 Å². The molecule has 0 spiro atoms. The van der Waals surface area contributed by atoms with Crippen molar-refractivity contribution >= 4 is 11.6 Å². The summed E-state index contributed by atoms with van der Waals surface area (Å²) in [6.45, 7) is 8.28. The Morgan fingerprint density at radius 3 is 2.48 bits per heavy atom. The smallest absolute Gasteiger partial charge is 0.238 e. The van der Waals surface area contributed by atoms with Crippen LogP contribution in [0.4, 0.5) is 5.69 Å². The fraction of sp³-hybridized carbons (Fsp3) is 0.353. The first-order chi connectivity index (χ1) is 9.97. The van der Waals surface area contributed by atoms with E-state index < -0.39 is 0 Å². The highest BCUT2D eigenvalue weighted by Gasteiger charge is 2.11. The van der Waals surface area contributed by atoms with Crippen molar-refractivity contribution < 1.29 is 9.21 Å². The first-order valence-electron chi connectivity index (χ1n) is 7.12. The number of nitrogens with one attached hydrogen (secondary N) is 2. The molecule has 0 saturated heterocycles. The zero-order chi connectivity index (χ0) is 15.4. The van der Waals surface area contributed by atoms with Crippen LogP contribution in [0.25, 0.3) is 0 Å². The summed E-state index contributed by atoms with van der Waals surface area (Å²) in [5, 5.41) is 6.12. The lowest BCUT2D eigenvalue weighted by Crippen LogP contribution is -2.30. The molecule has 1 heterocycles. The largest absolute Gasteiger partial charge is 0.468 e. The molecular formula is C17H22N2O2. The molecule has 2 aromatic rings. The molecule has 0 saturated carbocycles. The summed E-state index contributed by atoms with van der Waals surface area (Å²) in [6.07, 6.45) is 1.63. The van der Waals surface area contributed by atoms with E-state index in [4.69, 9.17) is 4.42 Å². The van der Waals surface area contributed by atoms with E-state index in [2.05, 4.69) is 29.7 Å². The third-order valence-corrected chi connectivity index (χ3v) is 3.48. The lowest BCUT2D eigenvalue weighted by atomic mass is 10.1. The van der Waals surface area contributed by atoms with Gasteiger partial charge in [-0.25, -0.2) is 0 Å². The number of hydrogen-bond donors (Lipinski definition) is 2. The van der Waals surface area contributed by atoms with Crippen molar-refractivity contribution in [3.8, 4) is 0 Å². The Labute approximate surface area is 125 Å². The Kier molecular flexibility index (Phi) is 4.81. The first-order valence-corrected chi connectivity index (χ1v) is 7.12. The Morgan fingerprint density at radius 1 is 1.24 bits per heavy atom. The summed E-state index contributed by atoms with van der Waals surface area (Å²) in [4.78, 5) is 12.1. The number of carbonyl (C=O) groups is 1. The van der Waals surface area contributed by atoms with Gasteiger partial charge in [0.2, 0.25) is 5.91 Å². The summed E-state index contributed by atoms with van der Waals surface area (Å²) in [7, 11) is 0. The van der Waals surface area contributed by atoms with Crippen molar-refractivity contribution in [2.75, 3.05) is 11.9 Å². The van der Waals surface area contributed by atoms with Crippen molar-refractivity contribution in [3.05, 3.63) is 53.0 Å². The maximum Gasteiger partial charge on any atom is 0.238 e. The molecule has 4 heteroatoms. The normalized spacial score (nSPS) is 12.2. The minimum atomic E-state index is -0.0524. The Morgan fingerprint density at radius 2 is 1.90 bits per heavy atom. The predicted molar refractivity (Wildman–Crippen MR) is 84.4 cm³/mol. The van der Waals surface area contributed by atoms with E-state index in [1.54, 1.807) is 6.26 Å². The molecule has 0 aliphatic heterocycles. The predicted octanol–water partition coefficient (Wildman–Crippen LogP) is 3.49. The van der Waals surface area contributed by atoms with Gasteiger partial charge in [0.05, 0.1) is 18.8 Å². The number of hydrogen-bond acceptors (Lipinski definition) is 3. The van der Waals surface area contributed by atoms with Crippen LogP contribution in [0, 0.1) is 20.8 Å². The van der Waals surface area contributed by atoms with E-state index in [0.717, 1.165) is 22.6 Å². The SMILES string of the molecule is Cc1cc(C)c(NC(=O)CN[C@@H](C)c2ccco2)c(C)c1. The van der Waals surface area contributed by atoms with Gasteiger partial charge in [-0.3, -0.25) is 10.1 Å². The molecule has 0 fully saturated rings. The number of benzene rings is 1. The average molecular weight is 286 g/mol. The third kappa shape index (κ3) is 3.95. The summed E-state index contributed by atoms with van der Waals surface area (Å²) in [5.41, 5.74) is 4.27. The van der Waals surface area contributed by atoms with Crippen LogP contribution in [-0.2, 0) is 4.79 Å². The van der Waals surface area contributed by atoms with E-state index in [-0.39, 0.29) is 18.5 Å². The van der Waals surface area contributed by atoms with Crippen LogP contribution in [0.1, 0.15) is 35.4 Å². The van der Waals surface area contributed by atoms with Gasteiger partial charge in [0.15, 0.2) is 0 Å². The second kappa shape index (κ2) is 6.59. The van der Waals surface area contributed by atoms with Crippen LogP contribution < -0.4 is 10.6 Å². The van der Waals surface area contributed by atoms with Crippen LogP contribution >= 0.6 is 0 Å². The summed E-state index contributed by atoms with van der Waals surface area (Å²) in [6, 6.07) is 7.88. The van der Waals surface area contributed by atoms with Crippen LogP contribution in [0.15, 0.2) is 34.9 Å². The molecular weight excluding hydrogens is 264 g/mol. The van der Waals surface area contributed by atoms with Gasteiger partial charge in [-0.15, -0.1) is 0 Å². The number of rotatable bonds is 5. The number of carbonyl (C=O) groups excluding carboxylic acids is 1. The molecule has 0 bridgehead atoms. The average Bonchev–Trinajstić information content (AvgIpc) is 2.94. The van der Waals surface area contributed by atoms with E-state index in [1.165, 1.54) is 5.56 Å². The molecule has 1 aromatic heterocycles. The molecule has 21 heavy (non-hydrogen) atoms. The van der Waals surface area contributed by atoms with E-state index in [1.807, 2.05) is 32.9 Å². The Balaban J connectivity index is 1.93. The third-order valence-electron chi connectivity index (χ3n) is 3.48. The fourth-order valence-corrected chi connectivity index (χ4v) is 2.44. The molecule has 0 radical (unpaired) electrons. The maximum atomic E-state index is 12.1. The molecule has 2 N–H and O–H groups in total.